The number of aryl methyl sites for hydroxylation is 1. The fraction of sp³-hybridized carbons (Fsp3) is 0.500. The van der Waals surface area contributed by atoms with Gasteiger partial charge in [-0.1, -0.05) is 26.3 Å². The van der Waals surface area contributed by atoms with Crippen LogP contribution in [0.1, 0.15) is 50.2 Å². The summed E-state index contributed by atoms with van der Waals surface area (Å²) in [6.07, 6.45) is 2.68. The first-order valence-corrected chi connectivity index (χ1v) is 11.2. The highest BCUT2D eigenvalue weighted by atomic mass is 16.7. The lowest BCUT2D eigenvalue weighted by molar-refractivity contribution is -0.133. The topological polar surface area (TPSA) is 84.3 Å². The van der Waals surface area contributed by atoms with Crippen LogP contribution in [-0.2, 0) is 17.9 Å². The van der Waals surface area contributed by atoms with Gasteiger partial charge in [0.05, 0.1) is 6.54 Å². The maximum absolute atomic E-state index is 13.3. The van der Waals surface area contributed by atoms with E-state index in [-0.39, 0.29) is 25.3 Å². The van der Waals surface area contributed by atoms with Gasteiger partial charge < -0.3 is 29.0 Å². The minimum absolute atomic E-state index is 0.00996. The lowest BCUT2D eigenvalue weighted by Crippen LogP contribution is -2.47. The molecular formula is C24H33N3O5. The fourth-order valence-corrected chi connectivity index (χ4v) is 3.52. The number of furan rings is 1. The molecule has 2 aromatic rings. The van der Waals surface area contributed by atoms with Gasteiger partial charge in [0.1, 0.15) is 18.1 Å². The number of fused-ring (bicyclic) bond motifs is 1. The molecule has 1 aromatic carbocycles. The lowest BCUT2D eigenvalue weighted by Gasteiger charge is -2.27. The molecule has 0 spiro atoms. The van der Waals surface area contributed by atoms with Crippen molar-refractivity contribution in [2.75, 3.05) is 26.4 Å². The quantitative estimate of drug-likeness (QED) is 0.529. The number of rotatable bonds is 11. The van der Waals surface area contributed by atoms with Crippen LogP contribution in [0.25, 0.3) is 0 Å². The third-order valence-corrected chi connectivity index (χ3v) is 5.22. The summed E-state index contributed by atoms with van der Waals surface area (Å²) in [6.45, 7) is 7.96. The molecule has 3 rings (SSSR count). The van der Waals surface area contributed by atoms with E-state index in [9.17, 15) is 9.59 Å². The number of benzene rings is 1. The Bertz CT molecular complexity index is 911. The van der Waals surface area contributed by atoms with E-state index in [1.54, 1.807) is 9.80 Å². The van der Waals surface area contributed by atoms with E-state index >= 15 is 0 Å². The summed E-state index contributed by atoms with van der Waals surface area (Å²) in [5.74, 6) is 2.72. The molecule has 0 fully saturated rings. The zero-order valence-corrected chi connectivity index (χ0v) is 19.2. The van der Waals surface area contributed by atoms with E-state index in [1.165, 1.54) is 0 Å². The van der Waals surface area contributed by atoms with Gasteiger partial charge in [-0.3, -0.25) is 4.79 Å². The van der Waals surface area contributed by atoms with Gasteiger partial charge in [0.25, 0.3) is 0 Å². The summed E-state index contributed by atoms with van der Waals surface area (Å²) >= 11 is 0. The number of urea groups is 1. The van der Waals surface area contributed by atoms with Crippen LogP contribution in [0.3, 0.4) is 0 Å². The van der Waals surface area contributed by atoms with Gasteiger partial charge in [-0.05, 0) is 49.6 Å². The number of nitrogens with one attached hydrogen (secondary N) is 1. The Balaban J connectivity index is 1.73. The van der Waals surface area contributed by atoms with Crippen molar-refractivity contribution in [3.8, 4) is 11.5 Å². The van der Waals surface area contributed by atoms with Crippen molar-refractivity contribution in [1.82, 2.24) is 15.1 Å². The predicted molar refractivity (Wildman–Crippen MR) is 120 cm³/mol. The molecule has 0 atom stereocenters. The molecular weight excluding hydrogens is 410 g/mol. The molecule has 8 nitrogen and oxygen atoms in total. The smallest absolute Gasteiger partial charge is 0.317 e. The van der Waals surface area contributed by atoms with Crippen LogP contribution in [0.15, 0.2) is 34.7 Å². The number of ether oxygens (including phenoxy) is 2. The molecule has 1 N–H and O–H groups in total. The van der Waals surface area contributed by atoms with E-state index in [0.29, 0.717) is 43.4 Å². The van der Waals surface area contributed by atoms with Gasteiger partial charge >= 0.3 is 6.03 Å². The molecule has 0 bridgehead atoms. The van der Waals surface area contributed by atoms with E-state index < -0.39 is 0 Å². The second kappa shape index (κ2) is 11.5. The van der Waals surface area contributed by atoms with E-state index in [0.717, 1.165) is 30.6 Å². The van der Waals surface area contributed by atoms with Crippen molar-refractivity contribution in [2.45, 2.75) is 53.1 Å². The molecule has 174 valence electrons. The minimum atomic E-state index is -0.203. The maximum Gasteiger partial charge on any atom is 0.317 e. The summed E-state index contributed by atoms with van der Waals surface area (Å²) in [5.41, 5.74) is 0.917. The minimum Gasteiger partial charge on any atom is -0.464 e. The normalized spacial score (nSPS) is 12.0. The Morgan fingerprint density at radius 1 is 1.00 bits per heavy atom. The van der Waals surface area contributed by atoms with Gasteiger partial charge in [-0.25, -0.2) is 4.79 Å². The van der Waals surface area contributed by atoms with Gasteiger partial charge in [0.2, 0.25) is 12.7 Å². The number of amides is 3. The third kappa shape index (κ3) is 6.42. The summed E-state index contributed by atoms with van der Waals surface area (Å²) < 4.78 is 16.6. The monoisotopic (exact) mass is 443 g/mol. The molecule has 3 amide bonds. The molecule has 0 saturated carbocycles. The summed E-state index contributed by atoms with van der Waals surface area (Å²) in [7, 11) is 0. The number of carbonyl (C=O) groups is 2. The summed E-state index contributed by atoms with van der Waals surface area (Å²) in [4.78, 5) is 29.2. The molecule has 0 aliphatic carbocycles. The van der Waals surface area contributed by atoms with Crippen LogP contribution in [0.5, 0.6) is 11.5 Å². The maximum atomic E-state index is 13.3. The van der Waals surface area contributed by atoms with Crippen LogP contribution in [0.4, 0.5) is 4.79 Å². The number of hydrogen-bond acceptors (Lipinski definition) is 5. The third-order valence-electron chi connectivity index (χ3n) is 5.22. The van der Waals surface area contributed by atoms with Gasteiger partial charge in [0, 0.05) is 19.6 Å². The van der Waals surface area contributed by atoms with Crippen molar-refractivity contribution in [3.05, 3.63) is 47.4 Å². The van der Waals surface area contributed by atoms with Crippen molar-refractivity contribution in [3.63, 3.8) is 0 Å². The first-order valence-electron chi connectivity index (χ1n) is 11.2. The van der Waals surface area contributed by atoms with Gasteiger partial charge in [-0.2, -0.15) is 0 Å². The Hall–Kier alpha value is -3.16. The number of carbonyl (C=O) groups excluding carboxylic acids is 2. The molecule has 0 unspecified atom stereocenters. The van der Waals surface area contributed by atoms with Crippen molar-refractivity contribution >= 4 is 11.9 Å². The average Bonchev–Trinajstić information content (AvgIpc) is 3.41. The second-order valence-corrected chi connectivity index (χ2v) is 7.96. The van der Waals surface area contributed by atoms with Crippen LogP contribution in [-0.4, -0.2) is 48.2 Å². The summed E-state index contributed by atoms with van der Waals surface area (Å²) in [5, 5.41) is 2.91. The average molecular weight is 444 g/mol. The van der Waals surface area contributed by atoms with Crippen LogP contribution in [0.2, 0.25) is 0 Å². The zero-order valence-electron chi connectivity index (χ0n) is 19.2. The molecule has 1 aliphatic heterocycles. The van der Waals surface area contributed by atoms with E-state index in [1.807, 2.05) is 44.2 Å². The number of hydrogen-bond donors (Lipinski definition) is 1. The Morgan fingerprint density at radius 2 is 1.81 bits per heavy atom. The standard InChI is InChI=1S/C24H33N3O5/c1-4-6-11-25-24(29)26(12-5-2)16-23(28)27(15-20-9-7-18(3)32-20)14-19-8-10-21-22(13-19)31-17-30-21/h7-10,13H,4-6,11-12,14-17H2,1-3H3,(H,25,29). The SMILES string of the molecule is CCCCNC(=O)N(CCC)CC(=O)N(Cc1ccc2c(c1)OCO2)Cc1ccc(C)o1. The second-order valence-electron chi connectivity index (χ2n) is 7.96. The van der Waals surface area contributed by atoms with Crippen molar-refractivity contribution in [1.29, 1.82) is 0 Å². The van der Waals surface area contributed by atoms with Crippen molar-refractivity contribution < 1.29 is 23.5 Å². The Labute approximate surface area is 189 Å². The molecule has 8 heteroatoms. The Morgan fingerprint density at radius 3 is 2.53 bits per heavy atom. The fourth-order valence-electron chi connectivity index (χ4n) is 3.52. The zero-order chi connectivity index (χ0) is 22.9. The van der Waals surface area contributed by atoms with Crippen LogP contribution >= 0.6 is 0 Å². The lowest BCUT2D eigenvalue weighted by atomic mass is 10.2. The molecule has 0 radical (unpaired) electrons. The van der Waals surface area contributed by atoms with Crippen LogP contribution in [0, 0.1) is 6.92 Å². The molecule has 0 saturated heterocycles. The number of unbranched alkanes of at least 4 members (excludes halogenated alkanes) is 1. The largest absolute Gasteiger partial charge is 0.464 e. The first-order chi connectivity index (χ1) is 15.5. The molecule has 1 aliphatic rings. The highest BCUT2D eigenvalue weighted by molar-refractivity contribution is 5.84. The van der Waals surface area contributed by atoms with Crippen molar-refractivity contribution in [2.24, 2.45) is 0 Å². The van der Waals surface area contributed by atoms with Crippen LogP contribution < -0.4 is 14.8 Å². The predicted octanol–water partition coefficient (Wildman–Crippen LogP) is 4.07. The summed E-state index contributed by atoms with van der Waals surface area (Å²) in [6, 6.07) is 9.20. The highest BCUT2D eigenvalue weighted by Crippen LogP contribution is 2.33. The van der Waals surface area contributed by atoms with Gasteiger partial charge in [-0.15, -0.1) is 0 Å². The first kappa shape index (κ1) is 23.5. The molecule has 2 heterocycles. The molecule has 32 heavy (non-hydrogen) atoms. The Kier molecular flexibility index (Phi) is 8.41. The van der Waals surface area contributed by atoms with E-state index in [2.05, 4.69) is 12.2 Å². The highest BCUT2D eigenvalue weighted by Gasteiger charge is 2.23. The van der Waals surface area contributed by atoms with E-state index in [4.69, 9.17) is 13.9 Å². The number of nitrogens with zero attached hydrogens (tertiary/aromatic N) is 2. The molecule has 1 aromatic heterocycles. The van der Waals surface area contributed by atoms with Gasteiger partial charge in [0.15, 0.2) is 11.5 Å².